The largest absolute Gasteiger partial charge is 0.376 e. The molecular formula is C12H20N2. The maximum Gasteiger partial charge on any atom is 0.0354 e. The van der Waals surface area contributed by atoms with E-state index in [2.05, 4.69) is 43.3 Å². The van der Waals surface area contributed by atoms with E-state index in [9.17, 15) is 0 Å². The topological polar surface area (TPSA) is 29.3 Å². The molecule has 0 aromatic heterocycles. The van der Waals surface area contributed by atoms with Crippen molar-refractivity contribution in [1.29, 1.82) is 0 Å². The maximum atomic E-state index is 5.47. The Morgan fingerprint density at radius 2 is 2.43 bits per heavy atom. The van der Waals surface area contributed by atoms with Crippen LogP contribution in [0, 0.1) is 0 Å². The van der Waals surface area contributed by atoms with Gasteiger partial charge in [-0.15, -0.1) is 0 Å². The fourth-order valence-corrected chi connectivity index (χ4v) is 1.53. The van der Waals surface area contributed by atoms with E-state index >= 15 is 0 Å². The smallest absolute Gasteiger partial charge is 0.0354 e. The molecule has 0 unspecified atom stereocenters. The highest BCUT2D eigenvalue weighted by molar-refractivity contribution is 5.34. The summed E-state index contributed by atoms with van der Waals surface area (Å²) < 4.78 is 0. The molecule has 0 radical (unpaired) electrons. The van der Waals surface area contributed by atoms with E-state index in [4.69, 9.17) is 5.73 Å². The van der Waals surface area contributed by atoms with E-state index in [1.165, 1.54) is 11.1 Å². The minimum absolute atomic E-state index is 0.778. The Bertz CT molecular complexity index is 261. The normalized spacial score (nSPS) is 17.2. The summed E-state index contributed by atoms with van der Waals surface area (Å²) in [6.07, 6.45) is 10.9. The van der Waals surface area contributed by atoms with Gasteiger partial charge < -0.3 is 10.6 Å². The van der Waals surface area contributed by atoms with E-state index in [1.807, 2.05) is 0 Å². The van der Waals surface area contributed by atoms with E-state index in [0.717, 1.165) is 25.9 Å². The van der Waals surface area contributed by atoms with Crippen molar-refractivity contribution in [2.24, 2.45) is 5.73 Å². The molecule has 1 heterocycles. The number of rotatable bonds is 4. The lowest BCUT2D eigenvalue weighted by molar-refractivity contribution is 0.501. The standard InChI is InChI=1S/C12H20N2/c1-11(5-3-7-13)9-12-6-4-8-14(2)10-12/h4,6,9-10H,3,5,7-8,13H2,1-2H3. The summed E-state index contributed by atoms with van der Waals surface area (Å²) in [5.74, 6) is 0. The molecule has 0 saturated heterocycles. The van der Waals surface area contributed by atoms with Gasteiger partial charge >= 0.3 is 0 Å². The Labute approximate surface area is 86.8 Å². The van der Waals surface area contributed by atoms with Crippen LogP contribution >= 0.6 is 0 Å². The fraction of sp³-hybridized carbons (Fsp3) is 0.500. The molecule has 0 amide bonds. The van der Waals surface area contributed by atoms with Gasteiger partial charge in [-0.2, -0.15) is 0 Å². The lowest BCUT2D eigenvalue weighted by atomic mass is 10.1. The Hall–Kier alpha value is -1.02. The summed E-state index contributed by atoms with van der Waals surface area (Å²) in [4.78, 5) is 2.18. The van der Waals surface area contributed by atoms with Crippen LogP contribution in [0.4, 0.5) is 0 Å². The molecule has 78 valence electrons. The first-order chi connectivity index (χ1) is 6.72. The van der Waals surface area contributed by atoms with Gasteiger partial charge in [0.1, 0.15) is 0 Å². The van der Waals surface area contributed by atoms with E-state index in [1.54, 1.807) is 0 Å². The Kier molecular flexibility index (Phi) is 4.47. The molecule has 0 aromatic carbocycles. The van der Waals surface area contributed by atoms with Crippen molar-refractivity contribution in [2.75, 3.05) is 20.1 Å². The number of likely N-dealkylation sites (N-methyl/N-ethyl adjacent to an activating group) is 1. The monoisotopic (exact) mass is 192 g/mol. The summed E-state index contributed by atoms with van der Waals surface area (Å²) in [5, 5.41) is 0. The minimum Gasteiger partial charge on any atom is -0.376 e. The fourth-order valence-electron chi connectivity index (χ4n) is 1.53. The van der Waals surface area contributed by atoms with Crippen LogP contribution in [0.1, 0.15) is 19.8 Å². The van der Waals surface area contributed by atoms with Crippen LogP contribution in [0.25, 0.3) is 0 Å². The van der Waals surface area contributed by atoms with Gasteiger partial charge in [-0.25, -0.2) is 0 Å². The minimum atomic E-state index is 0.778. The molecule has 0 fully saturated rings. The first-order valence-corrected chi connectivity index (χ1v) is 5.18. The zero-order valence-corrected chi connectivity index (χ0v) is 9.16. The Morgan fingerprint density at radius 1 is 1.64 bits per heavy atom. The second-order valence-electron chi connectivity index (χ2n) is 3.85. The predicted octanol–water partition coefficient (Wildman–Crippen LogP) is 2.06. The molecule has 2 nitrogen and oxygen atoms in total. The van der Waals surface area contributed by atoms with Gasteiger partial charge in [0.05, 0.1) is 0 Å². The zero-order chi connectivity index (χ0) is 10.4. The van der Waals surface area contributed by atoms with Crippen molar-refractivity contribution in [3.05, 3.63) is 35.6 Å². The SMILES string of the molecule is CC(=CC1=CN(C)CC=C1)CCCN. The third-order valence-electron chi connectivity index (χ3n) is 2.26. The van der Waals surface area contributed by atoms with Crippen molar-refractivity contribution < 1.29 is 0 Å². The van der Waals surface area contributed by atoms with E-state index in [-0.39, 0.29) is 0 Å². The third kappa shape index (κ3) is 3.79. The second kappa shape index (κ2) is 5.66. The van der Waals surface area contributed by atoms with Crippen LogP contribution in [-0.4, -0.2) is 25.0 Å². The third-order valence-corrected chi connectivity index (χ3v) is 2.26. The molecule has 0 aromatic rings. The van der Waals surface area contributed by atoms with Gasteiger partial charge in [-0.3, -0.25) is 0 Å². The van der Waals surface area contributed by atoms with Gasteiger partial charge in [0.15, 0.2) is 0 Å². The average molecular weight is 192 g/mol. The number of nitrogens with zero attached hydrogens (tertiary/aromatic N) is 1. The molecular weight excluding hydrogens is 172 g/mol. The molecule has 14 heavy (non-hydrogen) atoms. The van der Waals surface area contributed by atoms with E-state index < -0.39 is 0 Å². The van der Waals surface area contributed by atoms with Crippen molar-refractivity contribution >= 4 is 0 Å². The van der Waals surface area contributed by atoms with Crippen molar-refractivity contribution in [3.8, 4) is 0 Å². The maximum absolute atomic E-state index is 5.47. The molecule has 0 spiro atoms. The Morgan fingerprint density at radius 3 is 3.07 bits per heavy atom. The molecule has 1 rings (SSSR count). The number of allylic oxidation sites excluding steroid dienone is 4. The molecule has 0 aliphatic carbocycles. The predicted molar refractivity (Wildman–Crippen MR) is 61.9 cm³/mol. The average Bonchev–Trinajstić information content (AvgIpc) is 2.15. The number of nitrogens with two attached hydrogens (primary N) is 1. The van der Waals surface area contributed by atoms with Crippen LogP contribution < -0.4 is 5.73 Å². The molecule has 2 N–H and O–H groups in total. The summed E-state index contributed by atoms with van der Waals surface area (Å²) in [6.45, 7) is 3.96. The van der Waals surface area contributed by atoms with Crippen molar-refractivity contribution in [1.82, 2.24) is 4.90 Å². The summed E-state index contributed by atoms with van der Waals surface area (Å²) in [6, 6.07) is 0. The first-order valence-electron chi connectivity index (χ1n) is 5.18. The molecule has 0 bridgehead atoms. The van der Waals surface area contributed by atoms with Crippen LogP contribution in [-0.2, 0) is 0 Å². The lowest BCUT2D eigenvalue weighted by Crippen LogP contribution is -2.13. The second-order valence-corrected chi connectivity index (χ2v) is 3.85. The van der Waals surface area contributed by atoms with Gasteiger partial charge in [-0.05, 0) is 31.9 Å². The van der Waals surface area contributed by atoms with Crippen LogP contribution in [0.2, 0.25) is 0 Å². The van der Waals surface area contributed by atoms with Gasteiger partial charge in [0.25, 0.3) is 0 Å². The quantitative estimate of drug-likeness (QED) is 0.738. The lowest BCUT2D eigenvalue weighted by Gasteiger charge is -2.16. The van der Waals surface area contributed by atoms with Gasteiger partial charge in [-0.1, -0.05) is 23.8 Å². The highest BCUT2D eigenvalue weighted by atomic mass is 15.1. The van der Waals surface area contributed by atoms with Crippen LogP contribution in [0.3, 0.4) is 0 Å². The summed E-state index contributed by atoms with van der Waals surface area (Å²) in [7, 11) is 2.09. The molecule has 1 aliphatic rings. The highest BCUT2D eigenvalue weighted by Crippen LogP contribution is 2.12. The van der Waals surface area contributed by atoms with Gasteiger partial charge in [0, 0.05) is 19.8 Å². The molecule has 1 aliphatic heterocycles. The molecule has 0 saturated carbocycles. The molecule has 2 heteroatoms. The first kappa shape index (κ1) is 11.1. The van der Waals surface area contributed by atoms with Crippen LogP contribution in [0.15, 0.2) is 35.6 Å². The molecule has 0 atom stereocenters. The highest BCUT2D eigenvalue weighted by Gasteiger charge is 1.98. The number of hydrogen-bond acceptors (Lipinski definition) is 2. The van der Waals surface area contributed by atoms with Crippen molar-refractivity contribution in [3.63, 3.8) is 0 Å². The summed E-state index contributed by atoms with van der Waals surface area (Å²) >= 11 is 0. The number of hydrogen-bond donors (Lipinski definition) is 1. The van der Waals surface area contributed by atoms with E-state index in [0.29, 0.717) is 0 Å². The Balaban J connectivity index is 2.53. The zero-order valence-electron chi connectivity index (χ0n) is 9.16. The van der Waals surface area contributed by atoms with Gasteiger partial charge in [0.2, 0.25) is 0 Å². The summed E-state index contributed by atoms with van der Waals surface area (Å²) in [5.41, 5.74) is 8.16. The van der Waals surface area contributed by atoms with Crippen LogP contribution in [0.5, 0.6) is 0 Å². The van der Waals surface area contributed by atoms with Crippen molar-refractivity contribution in [2.45, 2.75) is 19.8 Å².